The molecular formula is C18H13ClFN3O2. The van der Waals surface area contributed by atoms with E-state index in [2.05, 4.69) is 10.1 Å². The molecule has 1 atom stereocenters. The van der Waals surface area contributed by atoms with Gasteiger partial charge >= 0.3 is 0 Å². The van der Waals surface area contributed by atoms with Crippen LogP contribution >= 0.6 is 11.6 Å². The summed E-state index contributed by atoms with van der Waals surface area (Å²) in [6, 6.07) is 13.1. The molecule has 0 aliphatic carbocycles. The van der Waals surface area contributed by atoms with Gasteiger partial charge in [-0.25, -0.2) is 4.39 Å². The van der Waals surface area contributed by atoms with E-state index in [0.717, 1.165) is 5.69 Å². The first-order valence-electron chi connectivity index (χ1n) is 7.75. The smallest absolute Gasteiger partial charge is 0.258 e. The third kappa shape index (κ3) is 3.13. The van der Waals surface area contributed by atoms with Gasteiger partial charge in [0.25, 0.3) is 5.89 Å². The number of nitrogens with zero attached hydrogens (tertiary/aromatic N) is 3. The highest BCUT2D eigenvalue weighted by Gasteiger charge is 2.34. The van der Waals surface area contributed by atoms with Crippen LogP contribution < -0.4 is 4.90 Å². The Morgan fingerprint density at radius 1 is 1.20 bits per heavy atom. The normalized spacial score (nSPS) is 17.3. The summed E-state index contributed by atoms with van der Waals surface area (Å²) in [5, 5.41) is 4.54. The third-order valence-electron chi connectivity index (χ3n) is 4.12. The first-order chi connectivity index (χ1) is 12.1. The fraction of sp³-hybridized carbons (Fsp3) is 0.167. The van der Waals surface area contributed by atoms with E-state index in [4.69, 9.17) is 16.1 Å². The van der Waals surface area contributed by atoms with Gasteiger partial charge in [-0.15, -0.1) is 0 Å². The van der Waals surface area contributed by atoms with Crippen molar-refractivity contribution < 1.29 is 13.7 Å². The number of halogens is 2. The van der Waals surface area contributed by atoms with Crippen molar-refractivity contribution in [3.63, 3.8) is 0 Å². The van der Waals surface area contributed by atoms with E-state index in [1.165, 1.54) is 12.1 Å². The first-order valence-corrected chi connectivity index (χ1v) is 8.13. The van der Waals surface area contributed by atoms with Gasteiger partial charge in [0.1, 0.15) is 5.82 Å². The number of benzene rings is 2. The number of hydrogen-bond acceptors (Lipinski definition) is 4. The molecule has 1 amide bonds. The number of carbonyl (C=O) groups is 1. The summed E-state index contributed by atoms with van der Waals surface area (Å²) in [7, 11) is 0. The molecule has 4 rings (SSSR count). The van der Waals surface area contributed by atoms with E-state index >= 15 is 0 Å². The van der Waals surface area contributed by atoms with Gasteiger partial charge in [-0.05, 0) is 36.4 Å². The number of amides is 1. The molecule has 1 aliphatic heterocycles. The molecule has 1 aromatic heterocycles. The predicted molar refractivity (Wildman–Crippen MR) is 90.9 cm³/mol. The number of carbonyl (C=O) groups excluding carboxylic acids is 1. The Bertz CT molecular complexity index is 943. The number of rotatable bonds is 3. The highest BCUT2D eigenvalue weighted by molar-refractivity contribution is 6.30. The maximum absolute atomic E-state index is 13.3. The van der Waals surface area contributed by atoms with E-state index in [9.17, 15) is 9.18 Å². The lowest BCUT2D eigenvalue weighted by Crippen LogP contribution is -2.24. The molecule has 2 heterocycles. The summed E-state index contributed by atoms with van der Waals surface area (Å²) >= 11 is 6.00. The van der Waals surface area contributed by atoms with Gasteiger partial charge < -0.3 is 9.42 Å². The fourth-order valence-corrected chi connectivity index (χ4v) is 3.10. The Morgan fingerprint density at radius 2 is 2.04 bits per heavy atom. The molecule has 126 valence electrons. The van der Waals surface area contributed by atoms with Crippen LogP contribution in [0.5, 0.6) is 0 Å². The minimum atomic E-state index is -0.375. The van der Waals surface area contributed by atoms with Gasteiger partial charge in [0.05, 0.1) is 0 Å². The standard InChI is InChI=1S/C18H13ClFN3O2/c19-13-4-2-6-15(9-13)23-10-12(8-16(23)24)17-21-18(25-22-17)11-3-1-5-14(20)7-11/h1-7,9,12H,8,10H2. The van der Waals surface area contributed by atoms with Crippen molar-refractivity contribution in [2.75, 3.05) is 11.4 Å². The quantitative estimate of drug-likeness (QED) is 0.709. The van der Waals surface area contributed by atoms with Gasteiger partial charge in [0.2, 0.25) is 5.91 Å². The van der Waals surface area contributed by atoms with Crippen molar-refractivity contribution in [3.8, 4) is 11.5 Å². The topological polar surface area (TPSA) is 59.2 Å². The lowest BCUT2D eigenvalue weighted by atomic mass is 10.1. The molecule has 0 N–H and O–H groups in total. The third-order valence-corrected chi connectivity index (χ3v) is 4.36. The largest absolute Gasteiger partial charge is 0.334 e. The van der Waals surface area contributed by atoms with Crippen LogP contribution in [0.1, 0.15) is 18.2 Å². The zero-order valence-corrected chi connectivity index (χ0v) is 13.8. The average molecular weight is 358 g/mol. The van der Waals surface area contributed by atoms with Gasteiger partial charge in [0, 0.05) is 35.2 Å². The first kappa shape index (κ1) is 15.8. The van der Waals surface area contributed by atoms with Crippen molar-refractivity contribution >= 4 is 23.2 Å². The summed E-state index contributed by atoms with van der Waals surface area (Å²) in [6.45, 7) is 0.446. The minimum Gasteiger partial charge on any atom is -0.334 e. The molecule has 7 heteroatoms. The van der Waals surface area contributed by atoms with Crippen LogP contribution in [0.3, 0.4) is 0 Å². The van der Waals surface area contributed by atoms with Crippen molar-refractivity contribution in [2.45, 2.75) is 12.3 Å². The van der Waals surface area contributed by atoms with E-state index in [-0.39, 0.29) is 30.0 Å². The van der Waals surface area contributed by atoms with Gasteiger partial charge in [-0.2, -0.15) is 4.98 Å². The molecule has 0 radical (unpaired) electrons. The van der Waals surface area contributed by atoms with E-state index in [1.54, 1.807) is 35.2 Å². The van der Waals surface area contributed by atoms with Crippen LogP contribution in [0.25, 0.3) is 11.5 Å². The van der Waals surface area contributed by atoms with Crippen molar-refractivity contribution in [1.29, 1.82) is 0 Å². The summed E-state index contributed by atoms with van der Waals surface area (Å²) in [4.78, 5) is 18.3. The second kappa shape index (κ2) is 6.29. The summed E-state index contributed by atoms with van der Waals surface area (Å²) in [5.41, 5.74) is 1.25. The van der Waals surface area contributed by atoms with Gasteiger partial charge in [-0.1, -0.05) is 28.9 Å². The molecule has 0 spiro atoms. The molecule has 2 aromatic carbocycles. The van der Waals surface area contributed by atoms with E-state index in [0.29, 0.717) is 23.0 Å². The van der Waals surface area contributed by atoms with Crippen LogP contribution in [0.2, 0.25) is 5.02 Å². The zero-order chi connectivity index (χ0) is 17.4. The summed E-state index contributed by atoms with van der Waals surface area (Å²) < 4.78 is 18.6. The molecular weight excluding hydrogens is 345 g/mol. The number of aromatic nitrogens is 2. The number of hydrogen-bond donors (Lipinski definition) is 0. The molecule has 0 saturated carbocycles. The maximum atomic E-state index is 13.3. The molecule has 3 aromatic rings. The van der Waals surface area contributed by atoms with Crippen LogP contribution in [0.4, 0.5) is 10.1 Å². The van der Waals surface area contributed by atoms with Crippen LogP contribution in [-0.4, -0.2) is 22.6 Å². The summed E-state index contributed by atoms with van der Waals surface area (Å²) in [6.07, 6.45) is 0.286. The highest BCUT2D eigenvalue weighted by atomic mass is 35.5. The molecule has 25 heavy (non-hydrogen) atoms. The maximum Gasteiger partial charge on any atom is 0.258 e. The van der Waals surface area contributed by atoms with E-state index in [1.807, 2.05) is 6.07 Å². The second-order valence-corrected chi connectivity index (χ2v) is 6.29. The van der Waals surface area contributed by atoms with Gasteiger partial charge in [-0.3, -0.25) is 4.79 Å². The molecule has 0 bridgehead atoms. The predicted octanol–water partition coefficient (Wildman–Crippen LogP) is 4.05. The van der Waals surface area contributed by atoms with E-state index < -0.39 is 0 Å². The number of anilines is 1. The Balaban J connectivity index is 1.57. The lowest BCUT2D eigenvalue weighted by Gasteiger charge is -2.16. The highest BCUT2D eigenvalue weighted by Crippen LogP contribution is 2.32. The van der Waals surface area contributed by atoms with Gasteiger partial charge in [0.15, 0.2) is 5.82 Å². The molecule has 1 fully saturated rings. The lowest BCUT2D eigenvalue weighted by molar-refractivity contribution is -0.117. The Hall–Kier alpha value is -2.73. The average Bonchev–Trinajstić information content (AvgIpc) is 3.21. The minimum absolute atomic E-state index is 0.0237. The molecule has 5 nitrogen and oxygen atoms in total. The molecule has 1 aliphatic rings. The van der Waals surface area contributed by atoms with Crippen LogP contribution in [0, 0.1) is 5.82 Å². The Morgan fingerprint density at radius 3 is 2.84 bits per heavy atom. The van der Waals surface area contributed by atoms with Crippen LogP contribution in [-0.2, 0) is 4.79 Å². The second-order valence-electron chi connectivity index (χ2n) is 5.85. The Labute approximate surface area is 148 Å². The van der Waals surface area contributed by atoms with Crippen LogP contribution in [0.15, 0.2) is 53.1 Å². The van der Waals surface area contributed by atoms with Crippen molar-refractivity contribution in [1.82, 2.24) is 10.1 Å². The summed E-state index contributed by atoms with van der Waals surface area (Å²) in [5.74, 6) is 0.0997. The fourth-order valence-electron chi connectivity index (χ4n) is 2.91. The van der Waals surface area contributed by atoms with Crippen molar-refractivity contribution in [2.24, 2.45) is 0 Å². The monoisotopic (exact) mass is 357 g/mol. The molecule has 1 saturated heterocycles. The zero-order valence-electron chi connectivity index (χ0n) is 13.0. The molecule has 1 unspecified atom stereocenters. The Kier molecular flexibility index (Phi) is 3.97. The SMILES string of the molecule is O=C1CC(c2noc(-c3cccc(F)c3)n2)CN1c1cccc(Cl)c1. The van der Waals surface area contributed by atoms with Crippen molar-refractivity contribution in [3.05, 3.63) is 65.2 Å².